The Hall–Kier alpha value is -1.14. The third kappa shape index (κ3) is 8.91. The number of methoxy groups -OCH3 is 2. The molecule has 0 aromatic heterocycles. The van der Waals surface area contributed by atoms with E-state index in [4.69, 9.17) is 14.2 Å². The van der Waals surface area contributed by atoms with E-state index < -0.39 is 6.10 Å². The highest BCUT2D eigenvalue weighted by molar-refractivity contribution is 5.28. The van der Waals surface area contributed by atoms with Crippen LogP contribution in [-0.4, -0.2) is 62.2 Å². The summed E-state index contributed by atoms with van der Waals surface area (Å²) < 4.78 is 16.1. The van der Waals surface area contributed by atoms with Crippen molar-refractivity contribution in [3.63, 3.8) is 0 Å². The van der Waals surface area contributed by atoms with Crippen molar-refractivity contribution in [3.8, 4) is 5.75 Å². The quantitative estimate of drug-likeness (QED) is 0.715. The molecule has 0 fully saturated rings. The molecular formula is C18H31NO4. The summed E-state index contributed by atoms with van der Waals surface area (Å²) in [6.45, 7) is 8.92. The van der Waals surface area contributed by atoms with E-state index >= 15 is 0 Å². The SMILES string of the molecule is COCCN(Cc1cccc(OC)c1)CC(O)COC(C)(C)C. The van der Waals surface area contributed by atoms with Gasteiger partial charge in [0.1, 0.15) is 5.75 Å². The number of rotatable bonds is 10. The summed E-state index contributed by atoms with van der Waals surface area (Å²) in [6.07, 6.45) is -0.531. The molecule has 1 unspecified atom stereocenters. The molecule has 23 heavy (non-hydrogen) atoms. The molecule has 0 saturated carbocycles. The van der Waals surface area contributed by atoms with E-state index in [0.717, 1.165) is 24.4 Å². The Morgan fingerprint density at radius 1 is 1.22 bits per heavy atom. The van der Waals surface area contributed by atoms with Crippen molar-refractivity contribution < 1.29 is 19.3 Å². The third-order valence-electron chi connectivity index (χ3n) is 3.33. The van der Waals surface area contributed by atoms with Gasteiger partial charge in [-0.05, 0) is 38.5 Å². The van der Waals surface area contributed by atoms with Gasteiger partial charge in [0.15, 0.2) is 0 Å². The molecule has 5 nitrogen and oxygen atoms in total. The van der Waals surface area contributed by atoms with Crippen molar-refractivity contribution in [1.29, 1.82) is 0 Å². The number of nitrogens with zero attached hydrogens (tertiary/aromatic N) is 1. The van der Waals surface area contributed by atoms with E-state index in [0.29, 0.717) is 19.8 Å². The molecule has 132 valence electrons. The van der Waals surface area contributed by atoms with Crippen molar-refractivity contribution in [2.24, 2.45) is 0 Å². The monoisotopic (exact) mass is 325 g/mol. The van der Waals surface area contributed by atoms with E-state index in [-0.39, 0.29) is 5.60 Å². The lowest BCUT2D eigenvalue weighted by atomic mass is 10.2. The van der Waals surface area contributed by atoms with Gasteiger partial charge in [-0.25, -0.2) is 0 Å². The molecule has 1 atom stereocenters. The highest BCUT2D eigenvalue weighted by Gasteiger charge is 2.17. The second-order valence-electron chi connectivity index (χ2n) is 6.66. The van der Waals surface area contributed by atoms with E-state index in [1.165, 1.54) is 0 Å². The van der Waals surface area contributed by atoms with Crippen LogP contribution in [0.1, 0.15) is 26.3 Å². The zero-order valence-corrected chi connectivity index (χ0v) is 15.0. The number of benzene rings is 1. The van der Waals surface area contributed by atoms with Crippen LogP contribution < -0.4 is 4.74 Å². The molecule has 0 aliphatic rings. The van der Waals surface area contributed by atoms with E-state index in [1.54, 1.807) is 14.2 Å². The van der Waals surface area contributed by atoms with Crippen molar-refractivity contribution in [2.75, 3.05) is 40.5 Å². The van der Waals surface area contributed by atoms with E-state index in [9.17, 15) is 5.11 Å². The fourth-order valence-electron chi connectivity index (χ4n) is 2.18. The molecule has 0 heterocycles. The summed E-state index contributed by atoms with van der Waals surface area (Å²) in [6, 6.07) is 7.97. The van der Waals surface area contributed by atoms with E-state index in [2.05, 4.69) is 11.0 Å². The van der Waals surface area contributed by atoms with E-state index in [1.807, 2.05) is 39.0 Å². The Labute approximate surface area is 140 Å². The van der Waals surface area contributed by atoms with Gasteiger partial charge in [-0.1, -0.05) is 12.1 Å². The third-order valence-corrected chi connectivity index (χ3v) is 3.33. The fourth-order valence-corrected chi connectivity index (χ4v) is 2.18. The summed E-state index contributed by atoms with van der Waals surface area (Å²) in [5.41, 5.74) is 0.898. The number of hydrogen-bond acceptors (Lipinski definition) is 5. The van der Waals surface area contributed by atoms with Crippen LogP contribution in [0.5, 0.6) is 5.75 Å². The van der Waals surface area contributed by atoms with Gasteiger partial charge in [0.25, 0.3) is 0 Å². The highest BCUT2D eigenvalue weighted by atomic mass is 16.5. The molecule has 1 rings (SSSR count). The van der Waals surface area contributed by atoms with Crippen LogP contribution in [0.25, 0.3) is 0 Å². The predicted molar refractivity (Wildman–Crippen MR) is 91.9 cm³/mol. The summed E-state index contributed by atoms with van der Waals surface area (Å²) in [7, 11) is 3.35. The lowest BCUT2D eigenvalue weighted by Gasteiger charge is -2.27. The average molecular weight is 325 g/mol. The molecule has 0 spiro atoms. The van der Waals surface area contributed by atoms with Gasteiger partial charge in [0.2, 0.25) is 0 Å². The molecule has 1 N–H and O–H groups in total. The molecular weight excluding hydrogens is 294 g/mol. The largest absolute Gasteiger partial charge is 0.497 e. The standard InChI is InChI=1S/C18H31NO4/c1-18(2,3)23-14-16(20)13-19(9-10-21-4)12-15-7-6-8-17(11-15)22-5/h6-8,11,16,20H,9-10,12-14H2,1-5H3. The Bertz CT molecular complexity index is 445. The van der Waals surface area contributed by atoms with Crippen molar-refractivity contribution in [2.45, 2.75) is 39.0 Å². The number of aliphatic hydroxyl groups is 1. The van der Waals surface area contributed by atoms with Crippen LogP contribution in [0.15, 0.2) is 24.3 Å². The van der Waals surface area contributed by atoms with Crippen molar-refractivity contribution in [3.05, 3.63) is 29.8 Å². The first kappa shape index (κ1) is 19.9. The normalized spacial score (nSPS) is 13.3. The maximum atomic E-state index is 10.2. The van der Waals surface area contributed by atoms with Crippen LogP contribution in [0.3, 0.4) is 0 Å². The van der Waals surface area contributed by atoms with Gasteiger partial charge in [-0.2, -0.15) is 0 Å². The van der Waals surface area contributed by atoms with Crippen LogP contribution in [0, 0.1) is 0 Å². The Morgan fingerprint density at radius 2 is 1.96 bits per heavy atom. The first-order valence-electron chi connectivity index (χ1n) is 8.00. The molecule has 0 aliphatic carbocycles. The van der Waals surface area contributed by atoms with Gasteiger partial charge < -0.3 is 19.3 Å². The minimum absolute atomic E-state index is 0.245. The van der Waals surface area contributed by atoms with Gasteiger partial charge in [-0.15, -0.1) is 0 Å². The highest BCUT2D eigenvalue weighted by Crippen LogP contribution is 2.15. The summed E-state index contributed by atoms with van der Waals surface area (Å²) >= 11 is 0. The molecule has 0 saturated heterocycles. The predicted octanol–water partition coefficient (Wildman–Crippen LogP) is 2.32. The molecule has 0 radical (unpaired) electrons. The van der Waals surface area contributed by atoms with Gasteiger partial charge >= 0.3 is 0 Å². The molecule has 0 bridgehead atoms. The van der Waals surface area contributed by atoms with Gasteiger partial charge in [-0.3, -0.25) is 4.90 Å². The number of ether oxygens (including phenoxy) is 3. The Morgan fingerprint density at radius 3 is 2.57 bits per heavy atom. The van der Waals surface area contributed by atoms with Crippen LogP contribution >= 0.6 is 0 Å². The Kier molecular flexibility index (Phi) is 8.55. The summed E-state index contributed by atoms with van der Waals surface area (Å²) in [5, 5.41) is 10.2. The lowest BCUT2D eigenvalue weighted by molar-refractivity contribution is -0.0576. The molecule has 0 amide bonds. The smallest absolute Gasteiger partial charge is 0.119 e. The lowest BCUT2D eigenvalue weighted by Crippen LogP contribution is -2.38. The second kappa shape index (κ2) is 9.88. The molecule has 1 aromatic carbocycles. The second-order valence-corrected chi connectivity index (χ2v) is 6.66. The zero-order chi connectivity index (χ0) is 17.3. The average Bonchev–Trinajstić information content (AvgIpc) is 2.50. The molecule has 5 heteroatoms. The van der Waals surface area contributed by atoms with Crippen LogP contribution in [0.2, 0.25) is 0 Å². The fraction of sp³-hybridized carbons (Fsp3) is 0.667. The topological polar surface area (TPSA) is 51.2 Å². The maximum absolute atomic E-state index is 10.2. The number of aliphatic hydroxyl groups excluding tert-OH is 1. The molecule has 0 aliphatic heterocycles. The van der Waals surface area contributed by atoms with Crippen molar-refractivity contribution >= 4 is 0 Å². The first-order chi connectivity index (χ1) is 10.8. The van der Waals surface area contributed by atoms with Crippen LogP contribution in [-0.2, 0) is 16.0 Å². The van der Waals surface area contributed by atoms with Gasteiger partial charge in [0, 0.05) is 26.7 Å². The minimum atomic E-state index is -0.531. The first-order valence-corrected chi connectivity index (χ1v) is 8.00. The van der Waals surface area contributed by atoms with Gasteiger partial charge in [0.05, 0.1) is 32.0 Å². The summed E-state index contributed by atoms with van der Waals surface area (Å²) in [4.78, 5) is 2.16. The van der Waals surface area contributed by atoms with Crippen LogP contribution in [0.4, 0.5) is 0 Å². The minimum Gasteiger partial charge on any atom is -0.497 e. The molecule has 1 aromatic rings. The summed E-state index contributed by atoms with van der Waals surface area (Å²) in [5.74, 6) is 0.839. The number of hydrogen-bond donors (Lipinski definition) is 1. The maximum Gasteiger partial charge on any atom is 0.119 e. The van der Waals surface area contributed by atoms with Crippen molar-refractivity contribution in [1.82, 2.24) is 4.90 Å². The zero-order valence-electron chi connectivity index (χ0n) is 15.0. The Balaban J connectivity index is 2.60.